The Hall–Kier alpha value is -0.610. The summed E-state index contributed by atoms with van der Waals surface area (Å²) in [4.78, 5) is 14.2. The minimum Gasteiger partial charge on any atom is -0.480 e. The van der Waals surface area contributed by atoms with E-state index in [1.165, 1.54) is 25.7 Å². The predicted octanol–water partition coefficient (Wildman–Crippen LogP) is 2.24. The molecule has 19 heavy (non-hydrogen) atoms. The molecule has 0 bridgehead atoms. The van der Waals surface area contributed by atoms with Crippen LogP contribution in [0.5, 0.6) is 0 Å². The van der Waals surface area contributed by atoms with E-state index in [1.807, 2.05) is 0 Å². The van der Waals surface area contributed by atoms with Crippen molar-refractivity contribution in [3.05, 3.63) is 0 Å². The highest BCUT2D eigenvalue weighted by Crippen LogP contribution is 2.33. The number of hydrogen-bond donors (Lipinski definition) is 2. The molecule has 1 aliphatic carbocycles. The second kappa shape index (κ2) is 6.23. The monoisotopic (exact) mass is 268 g/mol. The average molecular weight is 268 g/mol. The maximum atomic E-state index is 11.6. The van der Waals surface area contributed by atoms with Crippen LogP contribution in [0.4, 0.5) is 0 Å². The van der Waals surface area contributed by atoms with Gasteiger partial charge in [-0.2, -0.15) is 0 Å². The minimum absolute atomic E-state index is 0.436. The molecule has 2 rings (SSSR count). The molecule has 0 amide bonds. The maximum Gasteiger partial charge on any atom is 0.323 e. The number of likely N-dealkylation sites (tertiary alicyclic amines) is 1. The first-order valence-electron chi connectivity index (χ1n) is 7.77. The van der Waals surface area contributed by atoms with Crippen LogP contribution in [-0.2, 0) is 4.79 Å². The number of likely N-dealkylation sites (N-methyl/N-ethyl adjacent to an activating group) is 1. The summed E-state index contributed by atoms with van der Waals surface area (Å²) in [5.41, 5.74) is -0.699. The zero-order valence-electron chi connectivity index (χ0n) is 12.3. The van der Waals surface area contributed by atoms with Gasteiger partial charge in [-0.1, -0.05) is 12.8 Å². The number of hydrogen-bond acceptors (Lipinski definition) is 3. The minimum atomic E-state index is -0.699. The fourth-order valence-electron chi connectivity index (χ4n) is 3.90. The third-order valence-corrected chi connectivity index (χ3v) is 5.19. The molecule has 2 aliphatic rings. The Morgan fingerprint density at radius 3 is 2.74 bits per heavy atom. The summed E-state index contributed by atoms with van der Waals surface area (Å²) in [6.45, 7) is 3.45. The van der Waals surface area contributed by atoms with E-state index in [2.05, 4.69) is 17.1 Å². The smallest absolute Gasteiger partial charge is 0.323 e. The molecule has 0 spiro atoms. The van der Waals surface area contributed by atoms with Crippen LogP contribution in [-0.4, -0.2) is 47.2 Å². The van der Waals surface area contributed by atoms with Gasteiger partial charge < -0.3 is 10.4 Å². The van der Waals surface area contributed by atoms with Crippen molar-refractivity contribution in [2.75, 3.05) is 13.6 Å². The fraction of sp³-hybridized carbons (Fsp3) is 0.933. The number of aliphatic carboxylic acids is 1. The molecule has 2 N–H and O–H groups in total. The highest BCUT2D eigenvalue weighted by molar-refractivity contribution is 5.79. The molecule has 2 fully saturated rings. The van der Waals surface area contributed by atoms with Crippen molar-refractivity contribution in [1.29, 1.82) is 0 Å². The van der Waals surface area contributed by atoms with Gasteiger partial charge >= 0.3 is 5.97 Å². The SMILES string of the molecule is CNC1(C(=O)O)CCCC(N2CCCCCC2C)C1. The molecule has 0 aromatic rings. The summed E-state index contributed by atoms with van der Waals surface area (Å²) in [5.74, 6) is -0.679. The van der Waals surface area contributed by atoms with Crippen molar-refractivity contribution in [3.8, 4) is 0 Å². The summed E-state index contributed by atoms with van der Waals surface area (Å²) < 4.78 is 0. The molecule has 0 radical (unpaired) electrons. The molecular formula is C15H28N2O2. The molecule has 3 unspecified atom stereocenters. The summed E-state index contributed by atoms with van der Waals surface area (Å²) in [5, 5.41) is 12.6. The lowest BCUT2D eigenvalue weighted by atomic mass is 9.78. The largest absolute Gasteiger partial charge is 0.480 e. The normalized spacial score (nSPS) is 37.8. The molecule has 3 atom stereocenters. The van der Waals surface area contributed by atoms with Gasteiger partial charge in [-0.05, 0) is 59.0 Å². The molecule has 1 saturated heterocycles. The van der Waals surface area contributed by atoms with Gasteiger partial charge in [-0.25, -0.2) is 0 Å². The highest BCUT2D eigenvalue weighted by atomic mass is 16.4. The molecular weight excluding hydrogens is 240 g/mol. The summed E-state index contributed by atoms with van der Waals surface area (Å²) in [6.07, 6.45) is 8.85. The van der Waals surface area contributed by atoms with Crippen molar-refractivity contribution >= 4 is 5.97 Å². The van der Waals surface area contributed by atoms with Gasteiger partial charge in [0.2, 0.25) is 0 Å². The van der Waals surface area contributed by atoms with Crippen molar-refractivity contribution in [1.82, 2.24) is 10.2 Å². The third-order valence-electron chi connectivity index (χ3n) is 5.19. The Morgan fingerprint density at radius 2 is 2.05 bits per heavy atom. The first kappa shape index (κ1) is 14.8. The van der Waals surface area contributed by atoms with Crippen LogP contribution in [0, 0.1) is 0 Å². The van der Waals surface area contributed by atoms with Gasteiger partial charge in [0.05, 0.1) is 0 Å². The second-order valence-corrected chi connectivity index (χ2v) is 6.32. The molecule has 1 aliphatic heterocycles. The number of carbonyl (C=O) groups is 1. The standard InChI is InChI=1S/C15H28N2O2/c1-12-7-4-3-5-10-17(12)13-8-6-9-15(11-13,16-2)14(18)19/h12-13,16H,3-11H2,1-2H3,(H,18,19). The fourth-order valence-corrected chi connectivity index (χ4v) is 3.90. The number of carboxylic acid groups (broad SMARTS) is 1. The molecule has 4 nitrogen and oxygen atoms in total. The van der Waals surface area contributed by atoms with Gasteiger partial charge in [0.1, 0.15) is 5.54 Å². The quantitative estimate of drug-likeness (QED) is 0.824. The Labute approximate surface area is 116 Å². The average Bonchev–Trinajstić information content (AvgIpc) is 2.63. The summed E-state index contributed by atoms with van der Waals surface area (Å²) in [6, 6.07) is 1.04. The number of nitrogens with zero attached hydrogens (tertiary/aromatic N) is 1. The van der Waals surface area contributed by atoms with Crippen LogP contribution in [0.2, 0.25) is 0 Å². The molecule has 0 aromatic carbocycles. The van der Waals surface area contributed by atoms with E-state index < -0.39 is 11.5 Å². The lowest BCUT2D eigenvalue weighted by molar-refractivity contribution is -0.147. The van der Waals surface area contributed by atoms with Crippen LogP contribution in [0.3, 0.4) is 0 Å². The van der Waals surface area contributed by atoms with Crippen molar-refractivity contribution < 1.29 is 9.90 Å². The van der Waals surface area contributed by atoms with E-state index in [0.717, 1.165) is 32.2 Å². The summed E-state index contributed by atoms with van der Waals surface area (Å²) in [7, 11) is 1.79. The molecule has 1 saturated carbocycles. The van der Waals surface area contributed by atoms with Crippen molar-refractivity contribution in [3.63, 3.8) is 0 Å². The highest BCUT2D eigenvalue weighted by Gasteiger charge is 2.43. The van der Waals surface area contributed by atoms with E-state index >= 15 is 0 Å². The number of nitrogens with one attached hydrogen (secondary N) is 1. The van der Waals surface area contributed by atoms with Crippen molar-refractivity contribution in [2.45, 2.75) is 75.9 Å². The van der Waals surface area contributed by atoms with E-state index in [1.54, 1.807) is 7.05 Å². The van der Waals surface area contributed by atoms with Gasteiger partial charge in [0.15, 0.2) is 0 Å². The van der Waals surface area contributed by atoms with Gasteiger partial charge in [-0.3, -0.25) is 9.69 Å². The first-order valence-corrected chi connectivity index (χ1v) is 7.77. The summed E-state index contributed by atoms with van der Waals surface area (Å²) >= 11 is 0. The zero-order valence-corrected chi connectivity index (χ0v) is 12.3. The van der Waals surface area contributed by atoms with Gasteiger partial charge in [0, 0.05) is 12.1 Å². The Bertz CT molecular complexity index is 321. The molecule has 0 aromatic heterocycles. The second-order valence-electron chi connectivity index (χ2n) is 6.32. The topological polar surface area (TPSA) is 52.6 Å². The Morgan fingerprint density at radius 1 is 1.26 bits per heavy atom. The first-order chi connectivity index (χ1) is 9.09. The van der Waals surface area contributed by atoms with Crippen LogP contribution in [0.1, 0.15) is 58.3 Å². The van der Waals surface area contributed by atoms with Crippen molar-refractivity contribution in [2.24, 2.45) is 0 Å². The molecule has 4 heteroatoms. The Kier molecular flexibility index (Phi) is 4.85. The Balaban J connectivity index is 2.09. The van der Waals surface area contributed by atoms with Crippen LogP contribution < -0.4 is 5.32 Å². The van der Waals surface area contributed by atoms with Crippen LogP contribution in [0.25, 0.3) is 0 Å². The zero-order chi connectivity index (χ0) is 13.9. The molecule has 1 heterocycles. The van der Waals surface area contributed by atoms with E-state index in [4.69, 9.17) is 0 Å². The lowest BCUT2D eigenvalue weighted by Gasteiger charge is -2.44. The van der Waals surface area contributed by atoms with Gasteiger partial charge in [0.25, 0.3) is 0 Å². The predicted molar refractivity (Wildman–Crippen MR) is 76.3 cm³/mol. The lowest BCUT2D eigenvalue weighted by Crippen LogP contribution is -2.58. The van der Waals surface area contributed by atoms with E-state index in [-0.39, 0.29) is 0 Å². The third kappa shape index (κ3) is 3.11. The van der Waals surface area contributed by atoms with Crippen LogP contribution >= 0.6 is 0 Å². The maximum absolute atomic E-state index is 11.6. The van der Waals surface area contributed by atoms with Crippen LogP contribution in [0.15, 0.2) is 0 Å². The number of rotatable bonds is 3. The van der Waals surface area contributed by atoms with Gasteiger partial charge in [-0.15, -0.1) is 0 Å². The number of carboxylic acids is 1. The van der Waals surface area contributed by atoms with E-state index in [0.29, 0.717) is 12.1 Å². The van der Waals surface area contributed by atoms with E-state index in [9.17, 15) is 9.90 Å². The molecule has 110 valence electrons.